The van der Waals surface area contributed by atoms with Crippen LogP contribution in [0.3, 0.4) is 0 Å². The van der Waals surface area contributed by atoms with Gasteiger partial charge in [0.25, 0.3) is 0 Å². The summed E-state index contributed by atoms with van der Waals surface area (Å²) in [5.74, 6) is 0.644. The molecule has 0 spiro atoms. The van der Waals surface area contributed by atoms with E-state index in [1.165, 1.54) is 36.8 Å². The lowest BCUT2D eigenvalue weighted by Gasteiger charge is -2.06. The average Bonchev–Trinajstić information content (AvgIpc) is 2.25. The van der Waals surface area contributed by atoms with Gasteiger partial charge in [-0.15, -0.1) is 0 Å². The van der Waals surface area contributed by atoms with E-state index in [4.69, 9.17) is 0 Å². The van der Waals surface area contributed by atoms with Crippen LogP contribution in [0.1, 0.15) is 56.6 Å². The number of aryl methyl sites for hydroxylation is 1. The van der Waals surface area contributed by atoms with Crippen LogP contribution in [0.5, 0.6) is 0 Å². The van der Waals surface area contributed by atoms with Crippen LogP contribution >= 0.6 is 0 Å². The van der Waals surface area contributed by atoms with Crippen LogP contribution in [0.4, 0.5) is 0 Å². The van der Waals surface area contributed by atoms with Gasteiger partial charge >= 0.3 is 0 Å². The van der Waals surface area contributed by atoms with Gasteiger partial charge < -0.3 is 0 Å². The number of benzene rings is 1. The van der Waals surface area contributed by atoms with Crippen molar-refractivity contribution in [3.63, 3.8) is 0 Å². The van der Waals surface area contributed by atoms with E-state index in [9.17, 15) is 0 Å². The molecule has 1 aromatic rings. The molecule has 0 nitrogen and oxygen atoms in total. The minimum Gasteiger partial charge on any atom is -0.0588 e. The highest BCUT2D eigenvalue weighted by molar-refractivity contribution is 5.24. The topological polar surface area (TPSA) is 0 Å². The highest BCUT2D eigenvalue weighted by Gasteiger charge is 1.98. The molecule has 15 heavy (non-hydrogen) atoms. The van der Waals surface area contributed by atoms with Gasteiger partial charge in [-0.25, -0.2) is 0 Å². The second-order valence-electron chi connectivity index (χ2n) is 4.56. The summed E-state index contributed by atoms with van der Waals surface area (Å²) in [4.78, 5) is 0. The van der Waals surface area contributed by atoms with Crippen molar-refractivity contribution in [3.05, 3.63) is 42.3 Å². The van der Waals surface area contributed by atoms with Crippen molar-refractivity contribution in [1.29, 1.82) is 0 Å². The third kappa shape index (κ3) is 4.51. The zero-order chi connectivity index (χ0) is 11.1. The molecular formula is C15H23. The van der Waals surface area contributed by atoms with Crippen molar-refractivity contribution in [2.45, 2.75) is 51.9 Å². The van der Waals surface area contributed by atoms with Gasteiger partial charge in [0.15, 0.2) is 0 Å². The highest BCUT2D eigenvalue weighted by Crippen LogP contribution is 2.16. The summed E-state index contributed by atoms with van der Waals surface area (Å²) < 4.78 is 0. The van der Waals surface area contributed by atoms with Gasteiger partial charge in [-0.1, -0.05) is 64.3 Å². The van der Waals surface area contributed by atoms with E-state index in [1.807, 2.05) is 0 Å². The van der Waals surface area contributed by atoms with Crippen molar-refractivity contribution in [1.82, 2.24) is 0 Å². The molecule has 0 saturated carbocycles. The lowest BCUT2D eigenvalue weighted by molar-refractivity contribution is 0.685. The Morgan fingerprint density at radius 1 is 1.00 bits per heavy atom. The van der Waals surface area contributed by atoms with Crippen molar-refractivity contribution >= 4 is 0 Å². The third-order valence-corrected chi connectivity index (χ3v) is 2.86. The lowest BCUT2D eigenvalue weighted by Crippen LogP contribution is -1.89. The van der Waals surface area contributed by atoms with Crippen molar-refractivity contribution in [2.24, 2.45) is 0 Å². The second kappa shape index (κ2) is 6.66. The first-order chi connectivity index (χ1) is 7.24. The summed E-state index contributed by atoms with van der Waals surface area (Å²) in [6.45, 7) is 8.34. The molecule has 0 N–H and O–H groups in total. The van der Waals surface area contributed by atoms with Crippen LogP contribution in [0.15, 0.2) is 24.3 Å². The molecule has 0 fully saturated rings. The monoisotopic (exact) mass is 203 g/mol. The molecule has 0 amide bonds. The Bertz CT molecular complexity index is 256. The highest BCUT2D eigenvalue weighted by atomic mass is 14.0. The second-order valence-corrected chi connectivity index (χ2v) is 4.56. The van der Waals surface area contributed by atoms with Gasteiger partial charge in [0.2, 0.25) is 0 Å². The lowest BCUT2D eigenvalue weighted by atomic mass is 9.99. The molecule has 0 aromatic heterocycles. The fraction of sp³-hybridized carbons (Fsp3) is 0.533. The largest absolute Gasteiger partial charge is 0.0588 e. The van der Waals surface area contributed by atoms with Crippen LogP contribution in [0.25, 0.3) is 0 Å². The number of unbranched alkanes of at least 4 members (excludes halogenated alkanes) is 3. The predicted molar refractivity (Wildman–Crippen MR) is 68.1 cm³/mol. The first-order valence-electron chi connectivity index (χ1n) is 6.12. The minimum atomic E-state index is 0.644. The van der Waals surface area contributed by atoms with Crippen molar-refractivity contribution < 1.29 is 0 Å². The van der Waals surface area contributed by atoms with Gasteiger partial charge in [-0.3, -0.25) is 0 Å². The number of hydrogen-bond acceptors (Lipinski definition) is 0. The van der Waals surface area contributed by atoms with Crippen LogP contribution in [0, 0.1) is 6.92 Å². The predicted octanol–water partition coefficient (Wildman–Crippen LogP) is 4.75. The van der Waals surface area contributed by atoms with Crippen molar-refractivity contribution in [3.8, 4) is 0 Å². The zero-order valence-corrected chi connectivity index (χ0v) is 10.1. The fourth-order valence-electron chi connectivity index (χ4n) is 1.75. The average molecular weight is 203 g/mol. The van der Waals surface area contributed by atoms with E-state index in [2.05, 4.69) is 45.0 Å². The Hall–Kier alpha value is -0.780. The van der Waals surface area contributed by atoms with Crippen molar-refractivity contribution in [2.75, 3.05) is 0 Å². The Kier molecular flexibility index (Phi) is 5.45. The molecule has 0 unspecified atom stereocenters. The molecule has 0 heteroatoms. The van der Waals surface area contributed by atoms with Crippen LogP contribution < -0.4 is 0 Å². The van der Waals surface area contributed by atoms with Crippen LogP contribution in [-0.2, 0) is 6.42 Å². The molecule has 1 radical (unpaired) electrons. The van der Waals surface area contributed by atoms with Gasteiger partial charge in [0, 0.05) is 0 Å². The SMILES string of the molecule is [CH2]CCCCCc1ccc(C(C)C)cc1. The smallest absolute Gasteiger partial charge is 0.0219 e. The normalized spacial score (nSPS) is 10.9. The Morgan fingerprint density at radius 2 is 1.67 bits per heavy atom. The minimum absolute atomic E-state index is 0.644. The van der Waals surface area contributed by atoms with E-state index in [-0.39, 0.29) is 0 Å². The number of rotatable bonds is 6. The molecular weight excluding hydrogens is 180 g/mol. The molecule has 1 rings (SSSR count). The first-order valence-corrected chi connectivity index (χ1v) is 6.12. The maximum absolute atomic E-state index is 3.86. The van der Waals surface area contributed by atoms with E-state index in [0.717, 1.165) is 6.42 Å². The maximum atomic E-state index is 3.86. The quantitative estimate of drug-likeness (QED) is 0.585. The zero-order valence-electron chi connectivity index (χ0n) is 10.1. The number of hydrogen-bond donors (Lipinski definition) is 0. The summed E-state index contributed by atoms with van der Waals surface area (Å²) in [5, 5.41) is 0. The van der Waals surface area contributed by atoms with Crippen LogP contribution in [0.2, 0.25) is 0 Å². The Balaban J connectivity index is 2.36. The Labute approximate surface area is 94.7 Å². The third-order valence-electron chi connectivity index (χ3n) is 2.86. The van der Waals surface area contributed by atoms with E-state index >= 15 is 0 Å². The van der Waals surface area contributed by atoms with Gasteiger partial charge in [0.05, 0.1) is 0 Å². The maximum Gasteiger partial charge on any atom is -0.0219 e. The molecule has 0 saturated heterocycles. The molecule has 0 aliphatic rings. The molecule has 0 aliphatic carbocycles. The summed E-state index contributed by atoms with van der Waals surface area (Å²) in [6, 6.07) is 9.09. The molecule has 0 aliphatic heterocycles. The summed E-state index contributed by atoms with van der Waals surface area (Å²) in [6.07, 6.45) is 6.18. The fourth-order valence-corrected chi connectivity index (χ4v) is 1.75. The first kappa shape index (κ1) is 12.3. The molecule has 83 valence electrons. The van der Waals surface area contributed by atoms with E-state index in [1.54, 1.807) is 0 Å². The molecule has 0 bridgehead atoms. The molecule has 0 heterocycles. The van der Waals surface area contributed by atoms with Gasteiger partial charge in [0.1, 0.15) is 0 Å². The summed E-state index contributed by atoms with van der Waals surface area (Å²) in [7, 11) is 0. The van der Waals surface area contributed by atoms with E-state index < -0.39 is 0 Å². The molecule has 0 atom stereocenters. The summed E-state index contributed by atoms with van der Waals surface area (Å²) in [5.41, 5.74) is 2.92. The van der Waals surface area contributed by atoms with Gasteiger partial charge in [-0.2, -0.15) is 0 Å². The summed E-state index contributed by atoms with van der Waals surface area (Å²) >= 11 is 0. The Morgan fingerprint density at radius 3 is 2.20 bits per heavy atom. The van der Waals surface area contributed by atoms with E-state index in [0.29, 0.717) is 5.92 Å². The van der Waals surface area contributed by atoms with Gasteiger partial charge in [-0.05, 0) is 29.9 Å². The standard InChI is InChI=1S/C15H23/c1-4-5-6-7-8-14-9-11-15(12-10-14)13(2)3/h9-13H,1,4-8H2,2-3H3. The molecule has 1 aromatic carbocycles. The van der Waals surface area contributed by atoms with Crippen LogP contribution in [-0.4, -0.2) is 0 Å².